The summed E-state index contributed by atoms with van der Waals surface area (Å²) >= 11 is 0. The Morgan fingerprint density at radius 3 is 1.85 bits per heavy atom. The molecule has 8 rings (SSSR count). The summed E-state index contributed by atoms with van der Waals surface area (Å²) < 4.78 is 8.16. The lowest BCUT2D eigenvalue weighted by molar-refractivity contribution is 0.0909. The second-order valence-electron chi connectivity index (χ2n) is 13.5. The van der Waals surface area contributed by atoms with Crippen molar-refractivity contribution < 1.29 is 4.74 Å². The van der Waals surface area contributed by atoms with E-state index in [4.69, 9.17) is 16.2 Å². The van der Waals surface area contributed by atoms with E-state index in [0.717, 1.165) is 79.7 Å². The topological polar surface area (TPSA) is 159 Å². The highest BCUT2D eigenvalue weighted by Crippen LogP contribution is 2.34. The summed E-state index contributed by atoms with van der Waals surface area (Å²) in [5.41, 5.74) is 21.1. The van der Waals surface area contributed by atoms with Gasteiger partial charge < -0.3 is 21.2 Å². The van der Waals surface area contributed by atoms with Gasteiger partial charge in [0, 0.05) is 50.2 Å². The number of ether oxygens (including phenoxy) is 1. The molecule has 0 spiro atoms. The van der Waals surface area contributed by atoms with E-state index in [1.807, 2.05) is 72.9 Å². The van der Waals surface area contributed by atoms with Gasteiger partial charge in [0.25, 0.3) is 0 Å². The van der Waals surface area contributed by atoms with Crippen LogP contribution in [0, 0.1) is 0 Å². The molecule has 0 amide bonds. The largest absolute Gasteiger partial charge is 0.368 e. The van der Waals surface area contributed by atoms with Gasteiger partial charge in [0.2, 0.25) is 11.9 Å². The second kappa shape index (κ2) is 16.2. The van der Waals surface area contributed by atoms with Crippen molar-refractivity contribution in [1.29, 1.82) is 0 Å². The van der Waals surface area contributed by atoms with Crippen LogP contribution < -0.4 is 11.5 Å². The zero-order valence-electron chi connectivity index (χ0n) is 29.8. The summed E-state index contributed by atoms with van der Waals surface area (Å²) in [5.74, 6) is 0.507. The first-order valence-corrected chi connectivity index (χ1v) is 20.8. The molecule has 0 unspecified atom stereocenters. The molecule has 6 heterocycles. The van der Waals surface area contributed by atoms with Crippen LogP contribution in [0.25, 0.3) is 67.1 Å². The fourth-order valence-corrected chi connectivity index (χ4v) is 6.73. The number of rotatable bonds is 9. The van der Waals surface area contributed by atoms with Crippen molar-refractivity contribution in [2.75, 3.05) is 18.1 Å². The number of fused-ring (bicyclic) bond motifs is 2. The fourth-order valence-electron chi connectivity index (χ4n) is 5.97. The summed E-state index contributed by atoms with van der Waals surface area (Å²) in [7, 11) is -1.16. The quantitative estimate of drug-likeness (QED) is 0.0971. The lowest BCUT2D eigenvalue weighted by atomic mass is 10.0. The first-order valence-electron chi connectivity index (χ1n) is 17.1. The number of benzene rings is 2. The number of hydrogen-bond acceptors (Lipinski definition) is 9. The highest BCUT2D eigenvalue weighted by molar-refractivity contribution is 6.76. The molecule has 0 aliphatic rings. The standard InChI is InChI=1S/C23H27N5OSi.C17H13N5.ClH/c1-30(2,3)14-13-29-16-28-21(20-10-12-26-23(24)27-20)15-19-18(9-11-25-22(19)28)17-7-5-4-6-8-17;18-17-20-9-7-14(22-17)15-10-13-12(6-8-19-16(13)21-15)11-4-2-1-3-5-11;/h4-12,15H,13-14,16H2,1-3H3,(H2,24,26,27);1-10H,(H,19,21)(H2,18,20,22);1H. The summed E-state index contributed by atoms with van der Waals surface area (Å²) in [6.45, 7) is 8.20. The van der Waals surface area contributed by atoms with Crippen molar-refractivity contribution in [2.45, 2.75) is 32.4 Å². The maximum absolute atomic E-state index is 6.08. The minimum atomic E-state index is -1.16. The van der Waals surface area contributed by atoms with Crippen LogP contribution in [0.3, 0.4) is 0 Å². The van der Waals surface area contributed by atoms with Gasteiger partial charge in [-0.2, -0.15) is 0 Å². The van der Waals surface area contributed by atoms with Crippen LogP contribution in [-0.2, 0) is 11.5 Å². The molecule has 53 heavy (non-hydrogen) atoms. The molecule has 268 valence electrons. The normalized spacial score (nSPS) is 11.2. The number of halogens is 1. The van der Waals surface area contributed by atoms with Crippen molar-refractivity contribution in [1.82, 2.24) is 39.5 Å². The maximum Gasteiger partial charge on any atom is 0.220 e. The third-order valence-electron chi connectivity index (χ3n) is 8.60. The van der Waals surface area contributed by atoms with Gasteiger partial charge in [-0.25, -0.2) is 29.9 Å². The van der Waals surface area contributed by atoms with E-state index in [2.05, 4.69) is 89.4 Å². The first kappa shape index (κ1) is 36.8. The predicted molar refractivity (Wildman–Crippen MR) is 219 cm³/mol. The zero-order chi connectivity index (χ0) is 36.1. The number of nitrogens with two attached hydrogens (primary N) is 2. The molecule has 0 aliphatic heterocycles. The van der Waals surface area contributed by atoms with E-state index in [-0.39, 0.29) is 24.3 Å². The number of aromatic amines is 1. The Bertz CT molecular complexity index is 2450. The van der Waals surface area contributed by atoms with E-state index >= 15 is 0 Å². The second-order valence-corrected chi connectivity index (χ2v) is 19.2. The molecule has 0 bridgehead atoms. The van der Waals surface area contributed by atoms with E-state index in [1.54, 1.807) is 18.6 Å². The molecule has 0 atom stereocenters. The Morgan fingerprint density at radius 2 is 1.23 bits per heavy atom. The molecule has 5 N–H and O–H groups in total. The van der Waals surface area contributed by atoms with Crippen LogP contribution in [0.2, 0.25) is 25.7 Å². The summed E-state index contributed by atoms with van der Waals surface area (Å²) in [6, 6.07) is 33.6. The van der Waals surface area contributed by atoms with Crippen molar-refractivity contribution in [3.05, 3.63) is 122 Å². The average Bonchev–Trinajstić information content (AvgIpc) is 3.76. The lowest BCUT2D eigenvalue weighted by Crippen LogP contribution is -2.22. The van der Waals surface area contributed by atoms with Gasteiger partial charge in [-0.3, -0.25) is 4.57 Å². The summed E-state index contributed by atoms with van der Waals surface area (Å²) in [6.07, 6.45) is 6.98. The third kappa shape index (κ3) is 8.58. The van der Waals surface area contributed by atoms with E-state index in [0.29, 0.717) is 6.73 Å². The summed E-state index contributed by atoms with van der Waals surface area (Å²) in [4.78, 5) is 29.0. The predicted octanol–water partition coefficient (Wildman–Crippen LogP) is 8.75. The number of pyridine rings is 2. The van der Waals surface area contributed by atoms with Gasteiger partial charge in [-0.15, -0.1) is 12.4 Å². The Balaban J connectivity index is 0.000000186. The molecule has 0 radical (unpaired) electrons. The monoisotopic (exact) mass is 740 g/mol. The minimum absolute atomic E-state index is 0. The van der Waals surface area contributed by atoms with Crippen molar-refractivity contribution >= 4 is 54.4 Å². The maximum atomic E-state index is 6.08. The average molecular weight is 741 g/mol. The van der Waals surface area contributed by atoms with Gasteiger partial charge in [-0.1, -0.05) is 80.3 Å². The number of nitrogens with one attached hydrogen (secondary N) is 1. The van der Waals surface area contributed by atoms with Crippen molar-refractivity contribution in [2.24, 2.45) is 0 Å². The van der Waals surface area contributed by atoms with Gasteiger partial charge in [0.05, 0.1) is 22.8 Å². The molecule has 0 fully saturated rings. The van der Waals surface area contributed by atoms with Crippen molar-refractivity contribution in [3.63, 3.8) is 0 Å². The SMILES string of the molecule is C[Si](C)(C)CCOCn1c(-c2ccnc(N)n2)cc2c(-c3ccccc3)ccnc21.Cl.Nc1nccc(-c2cc3c(-c4ccccc4)ccnc3[nH]2)n1. The number of anilines is 2. The molecular weight excluding hydrogens is 700 g/mol. The van der Waals surface area contributed by atoms with Crippen LogP contribution in [0.1, 0.15) is 0 Å². The molecule has 2 aromatic carbocycles. The number of nitrogen functional groups attached to an aromatic ring is 2. The molecular formula is C40H41ClN10OSi. The van der Waals surface area contributed by atoms with Crippen LogP contribution in [0.15, 0.2) is 122 Å². The third-order valence-corrected chi connectivity index (χ3v) is 10.3. The van der Waals surface area contributed by atoms with Gasteiger partial charge in [-0.05, 0) is 64.7 Å². The molecule has 0 saturated heterocycles. The molecule has 0 aliphatic carbocycles. The van der Waals surface area contributed by atoms with Crippen LogP contribution >= 0.6 is 12.4 Å². The molecule has 13 heteroatoms. The van der Waals surface area contributed by atoms with Crippen molar-refractivity contribution in [3.8, 4) is 45.0 Å². The minimum Gasteiger partial charge on any atom is -0.368 e. The fraction of sp³-hybridized carbons (Fsp3) is 0.150. The smallest absolute Gasteiger partial charge is 0.220 e. The van der Waals surface area contributed by atoms with E-state index in [1.165, 1.54) is 0 Å². The van der Waals surface area contributed by atoms with Crippen LogP contribution in [0.5, 0.6) is 0 Å². The lowest BCUT2D eigenvalue weighted by Gasteiger charge is -2.16. The van der Waals surface area contributed by atoms with Gasteiger partial charge in [0.15, 0.2) is 0 Å². The highest BCUT2D eigenvalue weighted by Gasteiger charge is 2.18. The molecule has 0 saturated carbocycles. The van der Waals surface area contributed by atoms with Gasteiger partial charge in [0.1, 0.15) is 18.0 Å². The highest BCUT2D eigenvalue weighted by atomic mass is 35.5. The Kier molecular flexibility index (Phi) is 11.2. The number of aromatic nitrogens is 8. The molecule has 6 aromatic heterocycles. The number of H-pyrrole nitrogens is 1. The Hall–Kier alpha value is -5.95. The van der Waals surface area contributed by atoms with Crippen LogP contribution in [-0.4, -0.2) is 54.1 Å². The van der Waals surface area contributed by atoms with Crippen LogP contribution in [0.4, 0.5) is 11.9 Å². The molecule has 8 aromatic rings. The number of hydrogen-bond donors (Lipinski definition) is 3. The zero-order valence-corrected chi connectivity index (χ0v) is 31.6. The summed E-state index contributed by atoms with van der Waals surface area (Å²) in [5, 5.41) is 2.12. The van der Waals surface area contributed by atoms with E-state index < -0.39 is 8.07 Å². The van der Waals surface area contributed by atoms with Gasteiger partial charge >= 0.3 is 0 Å². The Labute approximate surface area is 315 Å². The van der Waals surface area contributed by atoms with E-state index in [9.17, 15) is 0 Å². The Morgan fingerprint density at radius 1 is 0.660 bits per heavy atom. The molecule has 11 nitrogen and oxygen atoms in total. The first-order chi connectivity index (χ1) is 25.2. The number of nitrogens with zero attached hydrogens (tertiary/aromatic N) is 7.